The van der Waals surface area contributed by atoms with E-state index in [0.717, 1.165) is 31.4 Å². The number of aryl methyl sites for hydroxylation is 1. The Morgan fingerprint density at radius 3 is 1.92 bits per heavy atom. The molecule has 354 valence electrons. The van der Waals surface area contributed by atoms with Crippen LogP contribution in [0.15, 0.2) is 12.4 Å². The summed E-state index contributed by atoms with van der Waals surface area (Å²) in [5.41, 5.74) is 12.8. The standard InChI is InChI=1S/C41H68N16O7/c1-4-22-62-24-26-64-27-25-63-23-13-44-39-45-40(54-18-14-52(15-19-54)37(60)35(10-6-8-12-43)56-30-34(49-50-56)28-31(2)58)47-41(46-39)55-20-16-53(17-21-55)38(61)36(32(3)59)57-29-33(48-51-57)9-5-7-11-42/h1,29-32,35-36,58-59H,5-28,42-43H2,2-3H3,(H,44,45,46,47)/t31?,32-,35+,36+/m1/s1. The molecule has 2 saturated heterocycles. The average molecular weight is 897 g/mol. The zero-order valence-electron chi connectivity index (χ0n) is 37.4. The van der Waals surface area contributed by atoms with Crippen molar-refractivity contribution in [3.8, 4) is 12.3 Å². The summed E-state index contributed by atoms with van der Waals surface area (Å²) in [5, 5.41) is 40.8. The highest BCUT2D eigenvalue weighted by molar-refractivity contribution is 5.81. The quantitative estimate of drug-likeness (QED) is 0.0416. The summed E-state index contributed by atoms with van der Waals surface area (Å²) in [7, 11) is 0. The summed E-state index contributed by atoms with van der Waals surface area (Å²) in [5.74, 6) is 3.39. The number of nitrogens with zero attached hydrogens (tertiary/aromatic N) is 13. The summed E-state index contributed by atoms with van der Waals surface area (Å²) in [6.07, 6.45) is 11.9. The molecule has 0 radical (unpaired) electrons. The number of hydrogen-bond acceptors (Lipinski definition) is 19. The van der Waals surface area contributed by atoms with Crippen molar-refractivity contribution >= 4 is 29.7 Å². The molecule has 0 saturated carbocycles. The molecule has 7 N–H and O–H groups in total. The van der Waals surface area contributed by atoms with E-state index < -0.39 is 24.3 Å². The van der Waals surface area contributed by atoms with E-state index >= 15 is 0 Å². The van der Waals surface area contributed by atoms with Gasteiger partial charge in [0, 0.05) is 77.7 Å². The fraction of sp³-hybridized carbons (Fsp3) is 0.732. The lowest BCUT2D eigenvalue weighted by molar-refractivity contribution is -0.138. The Balaban J connectivity index is 1.23. The van der Waals surface area contributed by atoms with Crippen LogP contribution in [0.2, 0.25) is 0 Å². The molecular formula is C41H68N16O7. The highest BCUT2D eigenvalue weighted by atomic mass is 16.5. The summed E-state index contributed by atoms with van der Waals surface area (Å²) in [4.78, 5) is 50.0. The Hall–Kier alpha value is -5.09. The molecule has 1 unspecified atom stereocenters. The molecule has 0 spiro atoms. The number of piperazine rings is 2. The van der Waals surface area contributed by atoms with Gasteiger partial charge in [0.15, 0.2) is 6.04 Å². The van der Waals surface area contributed by atoms with Gasteiger partial charge < -0.3 is 60.8 Å². The zero-order chi connectivity index (χ0) is 45.7. The summed E-state index contributed by atoms with van der Waals surface area (Å²) in [6, 6.07) is -1.46. The Morgan fingerprint density at radius 1 is 0.750 bits per heavy atom. The van der Waals surface area contributed by atoms with Crippen LogP contribution >= 0.6 is 0 Å². The Labute approximate surface area is 375 Å². The number of aromatic nitrogens is 9. The second-order valence-electron chi connectivity index (χ2n) is 16.0. The number of nitrogens with one attached hydrogen (secondary N) is 1. The third-order valence-electron chi connectivity index (χ3n) is 10.9. The molecule has 0 aliphatic carbocycles. The third kappa shape index (κ3) is 15.3. The highest BCUT2D eigenvalue weighted by Crippen LogP contribution is 2.24. The highest BCUT2D eigenvalue weighted by Gasteiger charge is 2.35. The van der Waals surface area contributed by atoms with Gasteiger partial charge in [-0.1, -0.05) is 16.3 Å². The molecule has 3 aromatic heterocycles. The third-order valence-corrected chi connectivity index (χ3v) is 10.9. The lowest BCUT2D eigenvalue weighted by Crippen LogP contribution is -2.53. The van der Waals surface area contributed by atoms with Crippen LogP contribution in [0.3, 0.4) is 0 Å². The first kappa shape index (κ1) is 49.9. The van der Waals surface area contributed by atoms with E-state index in [2.05, 4.69) is 31.9 Å². The van der Waals surface area contributed by atoms with Gasteiger partial charge in [0.2, 0.25) is 29.7 Å². The Morgan fingerprint density at radius 2 is 1.31 bits per heavy atom. The molecule has 0 aromatic carbocycles. The predicted molar refractivity (Wildman–Crippen MR) is 237 cm³/mol. The van der Waals surface area contributed by atoms with Crippen LogP contribution in [0.1, 0.15) is 69.4 Å². The predicted octanol–water partition coefficient (Wildman–Crippen LogP) is -1.36. The number of carbonyl (C=O) groups is 2. The summed E-state index contributed by atoms with van der Waals surface area (Å²) in [6.45, 7) is 10.5. The fourth-order valence-electron chi connectivity index (χ4n) is 7.44. The van der Waals surface area contributed by atoms with E-state index in [1.54, 1.807) is 35.8 Å². The molecule has 5 heterocycles. The fourth-order valence-corrected chi connectivity index (χ4v) is 7.44. The molecule has 2 amide bonds. The van der Waals surface area contributed by atoms with Crippen LogP contribution < -0.4 is 26.6 Å². The molecular weight excluding hydrogens is 829 g/mol. The molecule has 2 aliphatic rings. The average Bonchev–Trinajstić information content (AvgIpc) is 3.96. The first-order valence-corrected chi connectivity index (χ1v) is 22.4. The number of hydrogen-bond donors (Lipinski definition) is 5. The van der Waals surface area contributed by atoms with E-state index in [4.69, 9.17) is 47.1 Å². The minimum Gasteiger partial charge on any atom is -0.393 e. The molecule has 2 aliphatic heterocycles. The van der Waals surface area contributed by atoms with Gasteiger partial charge >= 0.3 is 0 Å². The maximum atomic E-state index is 14.0. The van der Waals surface area contributed by atoms with Gasteiger partial charge in [0.1, 0.15) is 12.6 Å². The number of amides is 2. The molecule has 4 atom stereocenters. The van der Waals surface area contributed by atoms with E-state index in [-0.39, 0.29) is 18.4 Å². The number of anilines is 3. The van der Waals surface area contributed by atoms with Crippen LogP contribution in [0, 0.1) is 12.3 Å². The van der Waals surface area contributed by atoms with Gasteiger partial charge in [0.05, 0.1) is 56.6 Å². The largest absolute Gasteiger partial charge is 0.393 e. The van der Waals surface area contributed by atoms with Gasteiger partial charge in [-0.25, -0.2) is 9.36 Å². The van der Waals surface area contributed by atoms with Crippen molar-refractivity contribution in [3.05, 3.63) is 23.8 Å². The first-order chi connectivity index (χ1) is 31.1. The smallest absolute Gasteiger partial charge is 0.250 e. The minimum absolute atomic E-state index is 0.0523. The molecule has 23 nitrogen and oxygen atoms in total. The Kier molecular flexibility index (Phi) is 20.8. The van der Waals surface area contributed by atoms with Crippen molar-refractivity contribution in [2.24, 2.45) is 11.5 Å². The molecule has 0 bridgehead atoms. The second-order valence-corrected chi connectivity index (χ2v) is 16.0. The topological polar surface area (TPSA) is 279 Å². The van der Waals surface area contributed by atoms with E-state index in [9.17, 15) is 19.8 Å². The van der Waals surface area contributed by atoms with E-state index in [1.165, 1.54) is 4.68 Å². The maximum absolute atomic E-state index is 14.0. The zero-order valence-corrected chi connectivity index (χ0v) is 37.4. The van der Waals surface area contributed by atoms with Gasteiger partial charge in [0.25, 0.3) is 0 Å². The SMILES string of the molecule is C#CCOCCOCCOCCNc1nc(N2CCN(C(=O)[C@H]([C@@H](C)O)n3cc(CCCCN)nn3)CC2)nc(N2CCN(C(=O)[C@H](CCCCN)n3cc(CC(C)O)nn3)CC2)n1. The molecule has 3 aromatic rings. The van der Waals surface area contributed by atoms with Crippen molar-refractivity contribution in [2.75, 3.05) is 127 Å². The van der Waals surface area contributed by atoms with Gasteiger partial charge in [-0.2, -0.15) is 15.0 Å². The monoisotopic (exact) mass is 897 g/mol. The lowest BCUT2D eigenvalue weighted by Gasteiger charge is -2.38. The number of aliphatic hydroxyl groups excluding tert-OH is 2. The van der Waals surface area contributed by atoms with Gasteiger partial charge in [-0.3, -0.25) is 9.59 Å². The number of nitrogens with two attached hydrogens (primary N) is 2. The molecule has 2 fully saturated rings. The number of unbranched alkanes of at least 4 members (excludes halogenated alkanes) is 2. The summed E-state index contributed by atoms with van der Waals surface area (Å²) < 4.78 is 19.5. The van der Waals surface area contributed by atoms with Crippen LogP contribution in [0.4, 0.5) is 17.8 Å². The molecule has 5 rings (SSSR count). The van der Waals surface area contributed by atoms with Crippen molar-refractivity contribution in [3.63, 3.8) is 0 Å². The van der Waals surface area contributed by atoms with Crippen LogP contribution in [-0.4, -0.2) is 201 Å². The van der Waals surface area contributed by atoms with E-state index in [1.807, 2.05) is 14.7 Å². The number of carbonyl (C=O) groups excluding carboxylic acids is 2. The molecule has 64 heavy (non-hydrogen) atoms. The van der Waals surface area contributed by atoms with Crippen molar-refractivity contribution in [1.29, 1.82) is 0 Å². The lowest BCUT2D eigenvalue weighted by atomic mass is 10.1. The number of aliphatic hydroxyl groups is 2. The number of terminal acetylenes is 1. The van der Waals surface area contributed by atoms with Gasteiger partial charge in [-0.05, 0) is 65.5 Å². The maximum Gasteiger partial charge on any atom is 0.250 e. The second kappa shape index (κ2) is 26.6. The van der Waals surface area contributed by atoms with Crippen molar-refractivity contribution in [2.45, 2.75) is 83.1 Å². The minimum atomic E-state index is -0.992. The number of rotatable bonds is 28. The van der Waals surface area contributed by atoms with Crippen LogP contribution in [0.25, 0.3) is 0 Å². The summed E-state index contributed by atoms with van der Waals surface area (Å²) >= 11 is 0. The van der Waals surface area contributed by atoms with Gasteiger partial charge in [-0.15, -0.1) is 16.6 Å². The number of ether oxygens (including phenoxy) is 3. The van der Waals surface area contributed by atoms with Crippen LogP contribution in [-0.2, 0) is 36.6 Å². The van der Waals surface area contributed by atoms with Crippen LogP contribution in [0.5, 0.6) is 0 Å². The Bertz CT molecular complexity index is 1870. The van der Waals surface area contributed by atoms with E-state index in [0.29, 0.717) is 148 Å². The first-order valence-electron chi connectivity index (χ1n) is 22.4. The molecule has 23 heteroatoms. The normalized spacial score (nSPS) is 16.4. The van der Waals surface area contributed by atoms with Crippen molar-refractivity contribution < 1.29 is 34.0 Å². The van der Waals surface area contributed by atoms with Crippen molar-refractivity contribution in [1.82, 2.24) is 54.7 Å².